The minimum Gasteiger partial charge on any atom is -0.493 e. The maximum Gasteiger partial charge on any atom is 0.237 e. The fourth-order valence-electron chi connectivity index (χ4n) is 2.55. The Kier molecular flexibility index (Phi) is 6.83. The molecule has 1 amide bonds. The van der Waals surface area contributed by atoms with Crippen LogP contribution in [0.3, 0.4) is 0 Å². The summed E-state index contributed by atoms with van der Waals surface area (Å²) in [5.41, 5.74) is 2.06. The van der Waals surface area contributed by atoms with Gasteiger partial charge in [-0.05, 0) is 25.0 Å². The second kappa shape index (κ2) is 8.86. The first-order chi connectivity index (χ1) is 11.1. The zero-order valence-corrected chi connectivity index (χ0v) is 13.8. The number of nitrogens with one attached hydrogen (secondary N) is 2. The molecule has 0 radical (unpaired) electrons. The van der Waals surface area contributed by atoms with Crippen LogP contribution in [0, 0.1) is 6.92 Å². The number of benzene rings is 1. The quantitative estimate of drug-likeness (QED) is 0.616. The summed E-state index contributed by atoms with van der Waals surface area (Å²) in [4.78, 5) is 12.1. The van der Waals surface area contributed by atoms with Crippen LogP contribution in [0.25, 0.3) is 0 Å². The Hall–Kier alpha value is -1.63. The number of aliphatic hydroxyl groups excluding tert-OH is 1. The molecule has 3 N–H and O–H groups in total. The van der Waals surface area contributed by atoms with Gasteiger partial charge in [0.1, 0.15) is 5.75 Å². The number of amides is 1. The fourth-order valence-corrected chi connectivity index (χ4v) is 2.55. The summed E-state index contributed by atoms with van der Waals surface area (Å²) in [5, 5.41) is 15.4. The van der Waals surface area contributed by atoms with Crippen molar-refractivity contribution in [1.82, 2.24) is 10.6 Å². The summed E-state index contributed by atoms with van der Waals surface area (Å²) in [6, 6.07) is 5.63. The van der Waals surface area contributed by atoms with Gasteiger partial charge in [-0.1, -0.05) is 12.1 Å². The number of β-amino-alcohol motifs (C(OH)–C–C–N with tert-alkyl or cyclic N) is 1. The van der Waals surface area contributed by atoms with E-state index in [1.165, 1.54) is 0 Å². The van der Waals surface area contributed by atoms with Crippen LogP contribution >= 0.6 is 0 Å². The third-order valence-electron chi connectivity index (χ3n) is 3.85. The Morgan fingerprint density at radius 1 is 1.43 bits per heavy atom. The zero-order chi connectivity index (χ0) is 16.7. The van der Waals surface area contributed by atoms with Crippen LogP contribution < -0.4 is 15.4 Å². The van der Waals surface area contributed by atoms with Crippen molar-refractivity contribution in [2.24, 2.45) is 0 Å². The molecule has 0 aliphatic carbocycles. The van der Waals surface area contributed by atoms with Crippen molar-refractivity contribution in [3.8, 4) is 5.75 Å². The van der Waals surface area contributed by atoms with Gasteiger partial charge in [0, 0.05) is 38.8 Å². The summed E-state index contributed by atoms with van der Waals surface area (Å²) in [6.07, 6.45) is 0.838. The van der Waals surface area contributed by atoms with Gasteiger partial charge in [-0.25, -0.2) is 0 Å². The Balaban J connectivity index is 1.89. The predicted molar refractivity (Wildman–Crippen MR) is 87.4 cm³/mol. The summed E-state index contributed by atoms with van der Waals surface area (Å²) >= 11 is 0. The van der Waals surface area contributed by atoms with E-state index in [0.29, 0.717) is 32.7 Å². The van der Waals surface area contributed by atoms with Crippen molar-refractivity contribution < 1.29 is 19.4 Å². The third-order valence-corrected chi connectivity index (χ3v) is 3.85. The molecule has 2 rings (SSSR count). The maximum atomic E-state index is 12.1. The lowest BCUT2D eigenvalue weighted by Gasteiger charge is -2.15. The van der Waals surface area contributed by atoms with E-state index in [2.05, 4.69) is 10.6 Å². The number of hydrogen-bond acceptors (Lipinski definition) is 5. The minimum atomic E-state index is -0.440. The van der Waals surface area contributed by atoms with E-state index in [4.69, 9.17) is 9.47 Å². The molecule has 1 saturated heterocycles. The average Bonchev–Trinajstić information content (AvgIpc) is 2.97. The van der Waals surface area contributed by atoms with E-state index in [1.54, 1.807) is 7.11 Å². The van der Waals surface area contributed by atoms with Crippen LogP contribution in [0.1, 0.15) is 24.0 Å². The van der Waals surface area contributed by atoms with Gasteiger partial charge in [0.15, 0.2) is 0 Å². The molecule has 128 valence electrons. The van der Waals surface area contributed by atoms with Crippen LogP contribution in [-0.2, 0) is 16.1 Å². The van der Waals surface area contributed by atoms with Gasteiger partial charge in [0.2, 0.25) is 5.91 Å². The summed E-state index contributed by atoms with van der Waals surface area (Å²) in [5.74, 6) is 0.702. The largest absolute Gasteiger partial charge is 0.493 e. The van der Waals surface area contributed by atoms with Gasteiger partial charge in [0.05, 0.1) is 18.8 Å². The molecule has 0 spiro atoms. The second-order valence-electron chi connectivity index (χ2n) is 5.87. The Bertz CT molecular complexity index is 521. The van der Waals surface area contributed by atoms with Crippen molar-refractivity contribution in [1.29, 1.82) is 0 Å². The lowest BCUT2D eigenvalue weighted by molar-refractivity contribution is -0.123. The number of hydrogen-bond donors (Lipinski definition) is 3. The molecule has 2 atom stereocenters. The van der Waals surface area contributed by atoms with E-state index in [1.807, 2.05) is 25.1 Å². The first kappa shape index (κ1) is 17.7. The van der Waals surface area contributed by atoms with E-state index in [0.717, 1.165) is 23.3 Å². The molecule has 0 saturated carbocycles. The van der Waals surface area contributed by atoms with Gasteiger partial charge in [-0.15, -0.1) is 0 Å². The van der Waals surface area contributed by atoms with Crippen molar-refractivity contribution in [3.63, 3.8) is 0 Å². The highest BCUT2D eigenvalue weighted by molar-refractivity contribution is 5.82. The Labute approximate surface area is 137 Å². The molecule has 0 aromatic heterocycles. The molecule has 1 aromatic carbocycles. The standard InChI is InChI=1S/C17H26N2O4/c1-12-4-5-13(16(8-12)23-7-3-6-22-2)10-19-17(21)15-9-14(20)11-18-15/h4-5,8,14-15,18,20H,3,6-7,9-11H2,1-2H3,(H,19,21). The molecule has 1 aromatic rings. The molecular formula is C17H26N2O4. The van der Waals surface area contributed by atoms with Gasteiger partial charge < -0.3 is 25.2 Å². The van der Waals surface area contributed by atoms with Crippen LogP contribution in [0.2, 0.25) is 0 Å². The highest BCUT2D eigenvalue weighted by Crippen LogP contribution is 2.20. The summed E-state index contributed by atoms with van der Waals surface area (Å²) in [6.45, 7) is 4.12. The first-order valence-corrected chi connectivity index (χ1v) is 8.00. The minimum absolute atomic E-state index is 0.0903. The number of carbonyl (C=O) groups excluding carboxylic acids is 1. The highest BCUT2D eigenvalue weighted by atomic mass is 16.5. The van der Waals surface area contributed by atoms with Crippen LogP contribution in [-0.4, -0.2) is 50.0 Å². The number of carbonyl (C=O) groups is 1. The van der Waals surface area contributed by atoms with E-state index in [-0.39, 0.29) is 11.9 Å². The van der Waals surface area contributed by atoms with Gasteiger partial charge in [0.25, 0.3) is 0 Å². The molecular weight excluding hydrogens is 296 g/mol. The van der Waals surface area contributed by atoms with Crippen molar-refractivity contribution in [3.05, 3.63) is 29.3 Å². The summed E-state index contributed by atoms with van der Waals surface area (Å²) in [7, 11) is 1.67. The molecule has 2 unspecified atom stereocenters. The second-order valence-corrected chi connectivity index (χ2v) is 5.87. The monoisotopic (exact) mass is 322 g/mol. The molecule has 23 heavy (non-hydrogen) atoms. The highest BCUT2D eigenvalue weighted by Gasteiger charge is 2.27. The number of aliphatic hydroxyl groups is 1. The number of ether oxygens (including phenoxy) is 2. The predicted octanol–water partition coefficient (Wildman–Crippen LogP) is 0.749. The van der Waals surface area contributed by atoms with Crippen LogP contribution in [0.4, 0.5) is 0 Å². The van der Waals surface area contributed by atoms with Crippen molar-refractivity contribution >= 4 is 5.91 Å². The van der Waals surface area contributed by atoms with Gasteiger partial charge in [-0.2, -0.15) is 0 Å². The zero-order valence-electron chi connectivity index (χ0n) is 13.8. The molecule has 0 bridgehead atoms. The first-order valence-electron chi connectivity index (χ1n) is 8.00. The van der Waals surface area contributed by atoms with E-state index < -0.39 is 6.10 Å². The Morgan fingerprint density at radius 3 is 2.96 bits per heavy atom. The average molecular weight is 322 g/mol. The lowest BCUT2D eigenvalue weighted by Crippen LogP contribution is -2.40. The van der Waals surface area contributed by atoms with E-state index in [9.17, 15) is 9.90 Å². The molecule has 6 heteroatoms. The number of methoxy groups -OCH3 is 1. The topological polar surface area (TPSA) is 79.8 Å². The molecule has 1 aliphatic rings. The Morgan fingerprint density at radius 2 is 2.26 bits per heavy atom. The molecule has 1 aliphatic heterocycles. The van der Waals surface area contributed by atoms with E-state index >= 15 is 0 Å². The molecule has 1 heterocycles. The number of rotatable bonds is 8. The van der Waals surface area contributed by atoms with Crippen molar-refractivity contribution in [2.75, 3.05) is 26.9 Å². The van der Waals surface area contributed by atoms with Crippen molar-refractivity contribution in [2.45, 2.75) is 38.5 Å². The maximum absolute atomic E-state index is 12.1. The number of aryl methyl sites for hydroxylation is 1. The SMILES string of the molecule is COCCCOc1cc(C)ccc1CNC(=O)C1CC(O)CN1. The van der Waals surface area contributed by atoms with Gasteiger partial charge in [-0.3, -0.25) is 4.79 Å². The third kappa shape index (κ3) is 5.49. The van der Waals surface area contributed by atoms with Crippen LogP contribution in [0.5, 0.6) is 5.75 Å². The normalized spacial score (nSPS) is 20.5. The molecule has 6 nitrogen and oxygen atoms in total. The van der Waals surface area contributed by atoms with Crippen LogP contribution in [0.15, 0.2) is 18.2 Å². The summed E-state index contributed by atoms with van der Waals surface area (Å²) < 4.78 is 10.8. The molecule has 1 fully saturated rings. The lowest BCUT2D eigenvalue weighted by atomic mass is 10.1. The fraction of sp³-hybridized carbons (Fsp3) is 0.588. The smallest absolute Gasteiger partial charge is 0.237 e. The van der Waals surface area contributed by atoms with Gasteiger partial charge >= 0.3 is 0 Å².